The molecule has 1 aliphatic carbocycles. The second-order valence-electron chi connectivity index (χ2n) is 4.89. The van der Waals surface area contributed by atoms with Crippen LogP contribution >= 0.6 is 11.8 Å². The summed E-state index contributed by atoms with van der Waals surface area (Å²) in [6, 6.07) is 9.13. The molecule has 2 nitrogen and oxygen atoms in total. The summed E-state index contributed by atoms with van der Waals surface area (Å²) >= 11 is 1.78. The SMILES string of the molecule is CSc1ccc(NC[C@H]2CC[C@H](N)CC2)cc1. The van der Waals surface area contributed by atoms with Crippen molar-refractivity contribution in [2.75, 3.05) is 18.1 Å². The quantitative estimate of drug-likeness (QED) is 0.805. The minimum absolute atomic E-state index is 0.451. The zero-order valence-corrected chi connectivity index (χ0v) is 11.3. The van der Waals surface area contributed by atoms with E-state index in [4.69, 9.17) is 5.73 Å². The molecule has 17 heavy (non-hydrogen) atoms. The lowest BCUT2D eigenvalue weighted by Crippen LogP contribution is -2.29. The van der Waals surface area contributed by atoms with Crippen molar-refractivity contribution in [1.29, 1.82) is 0 Å². The molecule has 1 aliphatic rings. The fraction of sp³-hybridized carbons (Fsp3) is 0.571. The van der Waals surface area contributed by atoms with Crippen LogP contribution < -0.4 is 11.1 Å². The topological polar surface area (TPSA) is 38.0 Å². The van der Waals surface area contributed by atoms with E-state index in [-0.39, 0.29) is 0 Å². The van der Waals surface area contributed by atoms with E-state index in [9.17, 15) is 0 Å². The average Bonchev–Trinajstić information content (AvgIpc) is 2.39. The fourth-order valence-corrected chi connectivity index (χ4v) is 2.77. The van der Waals surface area contributed by atoms with E-state index < -0.39 is 0 Å². The standard InChI is InChI=1S/C14H22N2S/c1-17-14-8-6-13(7-9-14)16-10-11-2-4-12(15)5-3-11/h6-9,11-12,16H,2-5,10,15H2,1H3/t11-,12-. The molecule has 3 heteroatoms. The molecule has 1 saturated carbocycles. The lowest BCUT2D eigenvalue weighted by molar-refractivity contribution is 0.339. The zero-order valence-electron chi connectivity index (χ0n) is 10.5. The van der Waals surface area contributed by atoms with Crippen LogP contribution in [-0.2, 0) is 0 Å². The van der Waals surface area contributed by atoms with E-state index in [2.05, 4.69) is 35.8 Å². The van der Waals surface area contributed by atoms with E-state index in [1.54, 1.807) is 11.8 Å². The Kier molecular flexibility index (Phi) is 4.75. The van der Waals surface area contributed by atoms with Gasteiger partial charge in [0, 0.05) is 23.2 Å². The van der Waals surface area contributed by atoms with Crippen LogP contribution in [0.5, 0.6) is 0 Å². The fourth-order valence-electron chi connectivity index (χ4n) is 2.36. The molecule has 0 unspecified atom stereocenters. The van der Waals surface area contributed by atoms with Gasteiger partial charge in [0.05, 0.1) is 0 Å². The number of benzene rings is 1. The van der Waals surface area contributed by atoms with E-state index in [1.165, 1.54) is 36.3 Å². The number of hydrogen-bond donors (Lipinski definition) is 2. The lowest BCUT2D eigenvalue weighted by atomic mass is 9.86. The maximum Gasteiger partial charge on any atom is 0.0341 e. The smallest absolute Gasteiger partial charge is 0.0341 e. The number of rotatable bonds is 4. The second kappa shape index (κ2) is 6.31. The Balaban J connectivity index is 1.77. The van der Waals surface area contributed by atoms with E-state index in [0.29, 0.717) is 6.04 Å². The van der Waals surface area contributed by atoms with E-state index in [0.717, 1.165) is 12.5 Å². The number of nitrogens with one attached hydrogen (secondary N) is 1. The van der Waals surface area contributed by atoms with E-state index in [1.807, 2.05) is 0 Å². The third kappa shape index (κ3) is 3.93. The molecule has 2 rings (SSSR count). The third-order valence-corrected chi connectivity index (χ3v) is 4.32. The first-order valence-corrected chi connectivity index (χ1v) is 7.64. The molecule has 1 fully saturated rings. The van der Waals surface area contributed by atoms with Gasteiger partial charge in [0.15, 0.2) is 0 Å². The number of nitrogens with two attached hydrogens (primary N) is 1. The molecule has 0 aliphatic heterocycles. The van der Waals surface area contributed by atoms with Gasteiger partial charge in [-0.25, -0.2) is 0 Å². The van der Waals surface area contributed by atoms with Crippen molar-refractivity contribution in [3.63, 3.8) is 0 Å². The molecule has 3 N–H and O–H groups in total. The molecule has 0 aromatic heterocycles. The van der Waals surface area contributed by atoms with Crippen LogP contribution in [0.1, 0.15) is 25.7 Å². The third-order valence-electron chi connectivity index (χ3n) is 3.58. The molecule has 0 bridgehead atoms. The summed E-state index contributed by atoms with van der Waals surface area (Å²) in [5, 5.41) is 3.53. The van der Waals surface area contributed by atoms with Crippen LogP contribution in [-0.4, -0.2) is 18.8 Å². The van der Waals surface area contributed by atoms with Crippen LogP contribution in [0.2, 0.25) is 0 Å². The Morgan fingerprint density at radius 2 is 1.82 bits per heavy atom. The first-order valence-electron chi connectivity index (χ1n) is 6.41. The van der Waals surface area contributed by atoms with Gasteiger partial charge in [-0.05, 0) is 62.1 Å². The Morgan fingerprint density at radius 3 is 2.41 bits per heavy atom. The minimum Gasteiger partial charge on any atom is -0.385 e. The summed E-state index contributed by atoms with van der Waals surface area (Å²) < 4.78 is 0. The average molecular weight is 250 g/mol. The minimum atomic E-state index is 0.451. The summed E-state index contributed by atoms with van der Waals surface area (Å²) in [4.78, 5) is 1.32. The van der Waals surface area contributed by atoms with Crippen molar-refractivity contribution in [2.24, 2.45) is 11.7 Å². The van der Waals surface area contributed by atoms with Crippen molar-refractivity contribution < 1.29 is 0 Å². The van der Waals surface area contributed by atoms with Gasteiger partial charge >= 0.3 is 0 Å². The van der Waals surface area contributed by atoms with Gasteiger partial charge < -0.3 is 11.1 Å². The number of thioether (sulfide) groups is 1. The largest absolute Gasteiger partial charge is 0.385 e. The van der Waals surface area contributed by atoms with Gasteiger partial charge in [0.1, 0.15) is 0 Å². The normalized spacial score (nSPS) is 24.6. The highest BCUT2D eigenvalue weighted by atomic mass is 32.2. The predicted molar refractivity (Wildman–Crippen MR) is 76.6 cm³/mol. The molecule has 94 valence electrons. The van der Waals surface area contributed by atoms with Gasteiger partial charge in [-0.2, -0.15) is 0 Å². The van der Waals surface area contributed by atoms with Gasteiger partial charge in [-0.15, -0.1) is 11.8 Å². The summed E-state index contributed by atoms with van der Waals surface area (Å²) in [6.07, 6.45) is 7.04. The molecule has 0 amide bonds. The van der Waals surface area contributed by atoms with E-state index >= 15 is 0 Å². The molecular weight excluding hydrogens is 228 g/mol. The Bertz CT molecular complexity index is 329. The summed E-state index contributed by atoms with van der Waals surface area (Å²) in [7, 11) is 0. The first-order chi connectivity index (χ1) is 8.28. The highest BCUT2D eigenvalue weighted by Crippen LogP contribution is 2.24. The molecule has 0 atom stereocenters. The molecule has 1 aromatic carbocycles. The summed E-state index contributed by atoms with van der Waals surface area (Å²) in [6.45, 7) is 1.09. The molecule has 0 saturated heterocycles. The highest BCUT2D eigenvalue weighted by molar-refractivity contribution is 7.98. The summed E-state index contributed by atoms with van der Waals surface area (Å²) in [5.74, 6) is 0.801. The van der Waals surface area contributed by atoms with Gasteiger partial charge in [0.2, 0.25) is 0 Å². The van der Waals surface area contributed by atoms with Crippen molar-refractivity contribution in [3.05, 3.63) is 24.3 Å². The van der Waals surface area contributed by atoms with Crippen molar-refractivity contribution in [1.82, 2.24) is 0 Å². The Hall–Kier alpha value is -0.670. The Labute approximate surface area is 108 Å². The lowest BCUT2D eigenvalue weighted by Gasteiger charge is -2.26. The zero-order chi connectivity index (χ0) is 12.1. The molecule has 0 spiro atoms. The van der Waals surface area contributed by atoms with Crippen molar-refractivity contribution >= 4 is 17.4 Å². The number of hydrogen-bond acceptors (Lipinski definition) is 3. The highest BCUT2D eigenvalue weighted by Gasteiger charge is 2.17. The van der Waals surface area contributed by atoms with Gasteiger partial charge in [-0.3, -0.25) is 0 Å². The molecule has 0 heterocycles. The van der Waals surface area contributed by atoms with Crippen molar-refractivity contribution in [3.8, 4) is 0 Å². The van der Waals surface area contributed by atoms with Gasteiger partial charge in [-0.1, -0.05) is 0 Å². The van der Waals surface area contributed by atoms with Crippen LogP contribution in [0.4, 0.5) is 5.69 Å². The monoisotopic (exact) mass is 250 g/mol. The van der Waals surface area contributed by atoms with Crippen molar-refractivity contribution in [2.45, 2.75) is 36.6 Å². The summed E-state index contributed by atoms with van der Waals surface area (Å²) in [5.41, 5.74) is 7.15. The molecule has 1 aromatic rings. The van der Waals surface area contributed by atoms with Crippen LogP contribution in [0.15, 0.2) is 29.2 Å². The van der Waals surface area contributed by atoms with Crippen LogP contribution in [0, 0.1) is 5.92 Å². The van der Waals surface area contributed by atoms with Gasteiger partial charge in [0.25, 0.3) is 0 Å². The number of anilines is 1. The van der Waals surface area contributed by atoms with Crippen LogP contribution in [0.25, 0.3) is 0 Å². The first kappa shape index (κ1) is 12.8. The predicted octanol–water partition coefficient (Wildman–Crippen LogP) is 3.34. The van der Waals surface area contributed by atoms with Crippen LogP contribution in [0.3, 0.4) is 0 Å². The molecule has 0 radical (unpaired) electrons. The second-order valence-corrected chi connectivity index (χ2v) is 5.77. The maximum absolute atomic E-state index is 5.91. The molecular formula is C14H22N2S. The Morgan fingerprint density at radius 1 is 1.18 bits per heavy atom. The maximum atomic E-state index is 5.91.